The van der Waals surface area contributed by atoms with Crippen molar-refractivity contribution in [3.63, 3.8) is 0 Å². The zero-order valence-electron chi connectivity index (χ0n) is 18.5. The maximum Gasteiger partial charge on any atom is 0.249 e. The van der Waals surface area contributed by atoms with Crippen LogP contribution in [0.4, 0.5) is 13.2 Å². The van der Waals surface area contributed by atoms with Crippen LogP contribution in [0.25, 0.3) is 11.1 Å². The average molecular weight is 472 g/mol. The molecule has 1 aliphatic rings. The monoisotopic (exact) mass is 471 g/mol. The van der Waals surface area contributed by atoms with Crippen molar-refractivity contribution in [3.8, 4) is 11.1 Å². The van der Waals surface area contributed by atoms with E-state index >= 15 is 8.78 Å². The second kappa shape index (κ2) is 8.86. The van der Waals surface area contributed by atoms with E-state index < -0.39 is 24.2 Å². The highest BCUT2D eigenvalue weighted by Crippen LogP contribution is 2.54. The van der Waals surface area contributed by atoms with E-state index in [1.54, 1.807) is 0 Å². The molecule has 3 aromatic carbocycles. The number of alkyl halides is 1. The van der Waals surface area contributed by atoms with Crippen molar-refractivity contribution < 1.29 is 18.0 Å². The van der Waals surface area contributed by atoms with E-state index in [2.05, 4.69) is 6.92 Å². The molecule has 0 bridgehead atoms. The zero-order chi connectivity index (χ0) is 23.9. The number of rotatable bonds is 6. The summed E-state index contributed by atoms with van der Waals surface area (Å²) >= 11 is 6.47. The summed E-state index contributed by atoms with van der Waals surface area (Å²) in [6, 6.07) is 14.1. The van der Waals surface area contributed by atoms with Gasteiger partial charge in [-0.25, -0.2) is 8.78 Å². The Balaban J connectivity index is 2.01. The lowest BCUT2D eigenvalue weighted by Gasteiger charge is -2.31. The van der Waals surface area contributed by atoms with Gasteiger partial charge in [-0.05, 0) is 59.6 Å². The van der Waals surface area contributed by atoms with Gasteiger partial charge in [0.25, 0.3) is 0 Å². The molecule has 1 amide bonds. The molecule has 2 atom stereocenters. The molecule has 0 aromatic heterocycles. The first-order valence-electron chi connectivity index (χ1n) is 10.9. The van der Waals surface area contributed by atoms with Crippen LogP contribution in [-0.2, 0) is 18.3 Å². The molecule has 0 fully saturated rings. The second-order valence-electron chi connectivity index (χ2n) is 8.92. The van der Waals surface area contributed by atoms with Crippen molar-refractivity contribution >= 4 is 17.5 Å². The summed E-state index contributed by atoms with van der Waals surface area (Å²) in [6.45, 7) is 3.49. The molecule has 0 spiro atoms. The molecule has 6 heteroatoms. The third kappa shape index (κ3) is 3.82. The minimum Gasteiger partial charge on any atom is -0.366 e. The normalized spacial score (nSPS) is 19.5. The summed E-state index contributed by atoms with van der Waals surface area (Å²) in [6.07, 6.45) is 0.800. The van der Waals surface area contributed by atoms with Crippen LogP contribution in [0.5, 0.6) is 0 Å². The van der Waals surface area contributed by atoms with E-state index in [4.69, 9.17) is 17.3 Å². The number of primary amides is 1. The lowest BCUT2D eigenvalue weighted by atomic mass is 9.72. The van der Waals surface area contributed by atoms with Gasteiger partial charge in [0.2, 0.25) is 5.91 Å². The average Bonchev–Trinajstić information content (AvgIpc) is 3.05. The Bertz CT molecular complexity index is 1230. The Kier molecular flexibility index (Phi) is 6.28. The Labute approximate surface area is 196 Å². The topological polar surface area (TPSA) is 43.1 Å². The largest absolute Gasteiger partial charge is 0.366 e. The van der Waals surface area contributed by atoms with Gasteiger partial charge in [0.1, 0.15) is 11.6 Å². The number of hydrogen-bond donors (Lipinski definition) is 1. The van der Waals surface area contributed by atoms with Gasteiger partial charge < -0.3 is 5.73 Å². The third-order valence-electron chi connectivity index (χ3n) is 7.04. The number of carbonyl (C=O) groups is 1. The summed E-state index contributed by atoms with van der Waals surface area (Å²) in [5.41, 5.74) is 7.90. The molecule has 0 radical (unpaired) electrons. The maximum absolute atomic E-state index is 15.8. The molecule has 0 heterocycles. The van der Waals surface area contributed by atoms with E-state index in [1.165, 1.54) is 18.2 Å². The second-order valence-corrected chi connectivity index (χ2v) is 9.30. The first-order chi connectivity index (χ1) is 15.7. The molecule has 2 N–H and O–H groups in total. The minimum atomic E-state index is -0.841. The number of carbonyl (C=O) groups excluding carboxylic acids is 1. The zero-order valence-corrected chi connectivity index (χ0v) is 19.3. The van der Waals surface area contributed by atoms with E-state index in [9.17, 15) is 9.18 Å². The number of nitrogens with two attached hydrogens (primary N) is 1. The molecule has 172 valence electrons. The molecule has 2 unspecified atom stereocenters. The maximum atomic E-state index is 15.8. The molecule has 3 aromatic rings. The molecule has 1 aliphatic carbocycles. The number of halogens is 4. The summed E-state index contributed by atoms with van der Waals surface area (Å²) in [5, 5.41) is -0.248. The fourth-order valence-electron chi connectivity index (χ4n) is 5.14. The Hall–Kier alpha value is -2.79. The lowest BCUT2D eigenvalue weighted by Crippen LogP contribution is -2.25. The number of amides is 1. The van der Waals surface area contributed by atoms with E-state index in [1.807, 2.05) is 37.3 Å². The van der Waals surface area contributed by atoms with Gasteiger partial charge in [-0.1, -0.05) is 61.8 Å². The van der Waals surface area contributed by atoms with Gasteiger partial charge in [0.15, 0.2) is 0 Å². The Morgan fingerprint density at radius 3 is 2.48 bits per heavy atom. The quantitative estimate of drug-likeness (QED) is 0.417. The first kappa shape index (κ1) is 23.4. The lowest BCUT2D eigenvalue weighted by molar-refractivity contribution is 0.100. The SMILES string of the molecule is CC1c2c(cc(F)c(Cl)c2-c2c(C(N)=O)ccc(CCCF)c2F)CC1(C)c1ccccc1. The van der Waals surface area contributed by atoms with Gasteiger partial charge in [0.05, 0.1) is 11.7 Å². The third-order valence-corrected chi connectivity index (χ3v) is 7.41. The van der Waals surface area contributed by atoms with E-state index in [0.717, 1.165) is 11.1 Å². The standard InChI is InChI=1S/C27H25ClF3NO/c1-15-21-17(14-27(15,2)18-8-4-3-5-9-18)13-20(30)24(28)23(21)22-19(26(32)33)11-10-16(25(22)31)7-6-12-29/h3-5,8-11,13,15H,6-7,12,14H2,1-2H3,(H2,32,33). The highest BCUT2D eigenvalue weighted by molar-refractivity contribution is 6.34. The van der Waals surface area contributed by atoms with Crippen LogP contribution in [0.2, 0.25) is 5.02 Å². The Morgan fingerprint density at radius 1 is 1.15 bits per heavy atom. The number of aryl methyl sites for hydroxylation is 1. The number of fused-ring (bicyclic) bond motifs is 1. The molecular weight excluding hydrogens is 447 g/mol. The molecule has 0 saturated carbocycles. The fourth-order valence-corrected chi connectivity index (χ4v) is 5.39. The summed E-state index contributed by atoms with van der Waals surface area (Å²) < 4.78 is 43.6. The van der Waals surface area contributed by atoms with Gasteiger partial charge in [-0.15, -0.1) is 0 Å². The Morgan fingerprint density at radius 2 is 1.85 bits per heavy atom. The highest BCUT2D eigenvalue weighted by Gasteiger charge is 2.44. The summed E-state index contributed by atoms with van der Waals surface area (Å²) in [5.74, 6) is -2.39. The molecule has 4 rings (SSSR count). The van der Waals surface area contributed by atoms with Gasteiger partial charge in [-0.3, -0.25) is 9.18 Å². The van der Waals surface area contributed by atoms with Crippen LogP contribution in [0.15, 0.2) is 48.5 Å². The molecule has 0 saturated heterocycles. The van der Waals surface area contributed by atoms with Crippen molar-refractivity contribution in [2.24, 2.45) is 5.73 Å². The van der Waals surface area contributed by atoms with Crippen LogP contribution in [-0.4, -0.2) is 12.6 Å². The van der Waals surface area contributed by atoms with Crippen LogP contribution in [0.1, 0.15) is 58.8 Å². The van der Waals surface area contributed by atoms with Crippen molar-refractivity contribution in [2.45, 2.75) is 44.4 Å². The van der Waals surface area contributed by atoms with E-state index in [0.29, 0.717) is 12.0 Å². The first-order valence-corrected chi connectivity index (χ1v) is 11.3. The van der Waals surface area contributed by atoms with Crippen LogP contribution in [0.3, 0.4) is 0 Å². The molecular formula is C27H25ClF3NO. The van der Waals surface area contributed by atoms with Crippen LogP contribution < -0.4 is 5.73 Å². The molecule has 0 aliphatic heterocycles. The van der Waals surface area contributed by atoms with Crippen molar-refractivity contribution in [2.75, 3.05) is 6.67 Å². The van der Waals surface area contributed by atoms with Crippen LogP contribution in [0, 0.1) is 11.6 Å². The van der Waals surface area contributed by atoms with Gasteiger partial charge >= 0.3 is 0 Å². The highest BCUT2D eigenvalue weighted by atomic mass is 35.5. The number of hydrogen-bond acceptors (Lipinski definition) is 1. The van der Waals surface area contributed by atoms with Gasteiger partial charge in [-0.2, -0.15) is 0 Å². The van der Waals surface area contributed by atoms with Crippen molar-refractivity contribution in [1.82, 2.24) is 0 Å². The van der Waals surface area contributed by atoms with E-state index in [-0.39, 0.29) is 51.5 Å². The minimum absolute atomic E-state index is 0.0771. The summed E-state index contributed by atoms with van der Waals surface area (Å²) in [7, 11) is 0. The molecule has 33 heavy (non-hydrogen) atoms. The van der Waals surface area contributed by atoms with Crippen molar-refractivity contribution in [3.05, 3.63) is 93.0 Å². The van der Waals surface area contributed by atoms with Crippen LogP contribution >= 0.6 is 11.6 Å². The predicted octanol–water partition coefficient (Wildman–Crippen LogP) is 6.90. The van der Waals surface area contributed by atoms with Crippen molar-refractivity contribution in [1.29, 1.82) is 0 Å². The number of benzene rings is 3. The smallest absolute Gasteiger partial charge is 0.249 e. The molecule has 2 nitrogen and oxygen atoms in total. The summed E-state index contributed by atoms with van der Waals surface area (Å²) in [4.78, 5) is 12.3. The van der Waals surface area contributed by atoms with Gasteiger partial charge in [0, 0.05) is 22.1 Å². The fraction of sp³-hybridized carbons (Fsp3) is 0.296. The predicted molar refractivity (Wildman–Crippen MR) is 126 cm³/mol.